The monoisotopic (exact) mass is 358 g/mol. The predicted octanol–water partition coefficient (Wildman–Crippen LogP) is 3.21. The molecule has 0 fully saturated rings. The van der Waals surface area contributed by atoms with E-state index in [0.717, 1.165) is 21.0 Å². The van der Waals surface area contributed by atoms with Gasteiger partial charge in [-0.3, -0.25) is 4.79 Å². The summed E-state index contributed by atoms with van der Waals surface area (Å²) in [4.78, 5) is 12.3. The Kier molecular flexibility index (Phi) is 5.77. The van der Waals surface area contributed by atoms with E-state index in [-0.39, 0.29) is 10.8 Å². The van der Waals surface area contributed by atoms with Crippen LogP contribution in [0.1, 0.15) is 16.7 Å². The van der Waals surface area contributed by atoms with Crippen molar-refractivity contribution in [3.05, 3.63) is 65.2 Å². The van der Waals surface area contributed by atoms with Gasteiger partial charge < -0.3 is 5.32 Å². The predicted molar refractivity (Wildman–Crippen MR) is 101 cm³/mol. The molecule has 0 unspecified atom stereocenters. The highest BCUT2D eigenvalue weighted by atomic mass is 32.2. The second-order valence-electron chi connectivity index (χ2n) is 5.94. The van der Waals surface area contributed by atoms with E-state index in [2.05, 4.69) is 5.32 Å². The fraction of sp³-hybridized carbons (Fsp3) is 0.211. The van der Waals surface area contributed by atoms with Crippen molar-refractivity contribution in [2.75, 3.05) is 19.4 Å². The van der Waals surface area contributed by atoms with Crippen molar-refractivity contribution in [3.63, 3.8) is 0 Å². The maximum Gasteiger partial charge on any atom is 0.248 e. The molecule has 1 N–H and O–H groups in total. The Balaban J connectivity index is 2.22. The summed E-state index contributed by atoms with van der Waals surface area (Å²) >= 11 is 0. The Labute approximate surface area is 149 Å². The minimum Gasteiger partial charge on any atom is -0.322 e. The summed E-state index contributed by atoms with van der Waals surface area (Å²) in [6.45, 7) is 3.78. The van der Waals surface area contributed by atoms with Crippen LogP contribution in [0.25, 0.3) is 6.08 Å². The summed E-state index contributed by atoms with van der Waals surface area (Å²) < 4.78 is 25.6. The maximum atomic E-state index is 12.2. The zero-order valence-corrected chi connectivity index (χ0v) is 15.6. The number of anilines is 1. The summed E-state index contributed by atoms with van der Waals surface area (Å²) in [6.07, 6.45) is 3.18. The van der Waals surface area contributed by atoms with E-state index >= 15 is 0 Å². The highest BCUT2D eigenvalue weighted by Gasteiger charge is 2.18. The van der Waals surface area contributed by atoms with Crippen molar-refractivity contribution in [2.45, 2.75) is 18.7 Å². The molecular formula is C19H22N2O3S. The number of rotatable bonds is 5. The lowest BCUT2D eigenvalue weighted by Gasteiger charge is -2.14. The number of amides is 1. The maximum absolute atomic E-state index is 12.2. The summed E-state index contributed by atoms with van der Waals surface area (Å²) in [6, 6.07) is 12.4. The van der Waals surface area contributed by atoms with Crippen LogP contribution in [0.5, 0.6) is 0 Å². The summed E-state index contributed by atoms with van der Waals surface area (Å²) in [5.74, 6) is -0.314. The van der Waals surface area contributed by atoms with Gasteiger partial charge >= 0.3 is 0 Å². The molecule has 0 heterocycles. The quantitative estimate of drug-likeness (QED) is 0.835. The molecule has 0 saturated heterocycles. The molecule has 0 spiro atoms. The van der Waals surface area contributed by atoms with Crippen molar-refractivity contribution in [2.24, 2.45) is 0 Å². The van der Waals surface area contributed by atoms with Gasteiger partial charge in [0.2, 0.25) is 15.9 Å². The number of sulfonamides is 1. The Morgan fingerprint density at radius 2 is 1.72 bits per heavy atom. The van der Waals surface area contributed by atoms with E-state index in [1.54, 1.807) is 12.1 Å². The van der Waals surface area contributed by atoms with Crippen LogP contribution in [-0.4, -0.2) is 32.7 Å². The number of benzene rings is 2. The molecule has 6 heteroatoms. The number of aryl methyl sites for hydroxylation is 2. The van der Waals surface area contributed by atoms with Gasteiger partial charge in [-0.1, -0.05) is 30.3 Å². The first-order chi connectivity index (χ1) is 11.7. The van der Waals surface area contributed by atoms with Crippen LogP contribution in [0, 0.1) is 13.8 Å². The highest BCUT2D eigenvalue weighted by Crippen LogP contribution is 2.22. The van der Waals surface area contributed by atoms with Crippen LogP contribution in [0.15, 0.2) is 53.4 Å². The lowest BCUT2D eigenvalue weighted by Crippen LogP contribution is -2.22. The summed E-state index contributed by atoms with van der Waals surface area (Å²) in [5.41, 5.74) is 3.29. The minimum absolute atomic E-state index is 0.140. The molecule has 0 aromatic heterocycles. The first-order valence-electron chi connectivity index (χ1n) is 7.79. The second-order valence-corrected chi connectivity index (χ2v) is 8.10. The molecule has 0 bridgehead atoms. The molecule has 0 aliphatic rings. The smallest absolute Gasteiger partial charge is 0.248 e. The molecule has 0 saturated carbocycles. The van der Waals surface area contributed by atoms with Crippen molar-refractivity contribution in [3.8, 4) is 0 Å². The fourth-order valence-corrected chi connectivity index (χ4v) is 3.15. The molecule has 0 aliphatic heterocycles. The van der Waals surface area contributed by atoms with Crippen molar-refractivity contribution >= 4 is 27.7 Å². The molecule has 0 radical (unpaired) electrons. The second kappa shape index (κ2) is 7.63. The SMILES string of the molecule is Cc1ccccc1C=CC(=O)Nc1cc(S(=O)(=O)N(C)C)ccc1C. The van der Waals surface area contributed by atoms with Gasteiger partial charge in [0.05, 0.1) is 4.90 Å². The van der Waals surface area contributed by atoms with Gasteiger partial charge in [-0.2, -0.15) is 0 Å². The fourth-order valence-electron chi connectivity index (χ4n) is 2.22. The molecule has 2 aromatic rings. The highest BCUT2D eigenvalue weighted by molar-refractivity contribution is 7.89. The van der Waals surface area contributed by atoms with Crippen LogP contribution in [0.2, 0.25) is 0 Å². The molecular weight excluding hydrogens is 336 g/mol. The molecule has 132 valence electrons. The van der Waals surface area contributed by atoms with Gasteiger partial charge in [0, 0.05) is 25.9 Å². The number of nitrogens with one attached hydrogen (secondary N) is 1. The van der Waals surface area contributed by atoms with Crippen LogP contribution in [0.3, 0.4) is 0 Å². The zero-order valence-electron chi connectivity index (χ0n) is 14.8. The number of nitrogens with zero attached hydrogens (tertiary/aromatic N) is 1. The first-order valence-corrected chi connectivity index (χ1v) is 9.23. The third kappa shape index (κ3) is 4.55. The molecule has 2 rings (SSSR count). The average Bonchev–Trinajstić information content (AvgIpc) is 2.55. The molecule has 2 aromatic carbocycles. The normalized spacial score (nSPS) is 11.9. The van der Waals surface area contributed by atoms with Gasteiger partial charge in [-0.05, 0) is 48.7 Å². The molecule has 1 amide bonds. The molecule has 5 nitrogen and oxygen atoms in total. The van der Waals surface area contributed by atoms with Gasteiger partial charge in [-0.25, -0.2) is 12.7 Å². The van der Waals surface area contributed by atoms with E-state index < -0.39 is 10.0 Å². The van der Waals surface area contributed by atoms with Crippen LogP contribution in [-0.2, 0) is 14.8 Å². The molecule has 25 heavy (non-hydrogen) atoms. The lowest BCUT2D eigenvalue weighted by molar-refractivity contribution is -0.111. The van der Waals surface area contributed by atoms with Gasteiger partial charge in [0.25, 0.3) is 0 Å². The van der Waals surface area contributed by atoms with Gasteiger partial charge in [-0.15, -0.1) is 0 Å². The number of hydrogen-bond acceptors (Lipinski definition) is 3. The third-order valence-corrected chi connectivity index (χ3v) is 5.66. The number of carbonyl (C=O) groups is 1. The largest absolute Gasteiger partial charge is 0.322 e. The Morgan fingerprint density at radius 3 is 2.36 bits per heavy atom. The Bertz CT molecular complexity index is 916. The van der Waals surface area contributed by atoms with Gasteiger partial charge in [0.15, 0.2) is 0 Å². The third-order valence-electron chi connectivity index (χ3n) is 3.85. The van der Waals surface area contributed by atoms with Crippen LogP contribution >= 0.6 is 0 Å². The molecule has 0 atom stereocenters. The van der Waals surface area contributed by atoms with E-state index in [1.165, 1.54) is 32.3 Å². The van der Waals surface area contributed by atoms with Crippen LogP contribution < -0.4 is 5.32 Å². The Hall–Kier alpha value is -2.44. The Morgan fingerprint density at radius 1 is 1.04 bits per heavy atom. The summed E-state index contributed by atoms with van der Waals surface area (Å²) in [7, 11) is -0.608. The standard InChI is InChI=1S/C19H22N2O3S/c1-14-7-5-6-8-16(14)10-12-19(22)20-18-13-17(11-9-15(18)2)25(23,24)21(3)4/h5-13H,1-4H3,(H,20,22). The topological polar surface area (TPSA) is 66.5 Å². The van der Waals surface area contributed by atoms with E-state index in [9.17, 15) is 13.2 Å². The number of hydrogen-bond donors (Lipinski definition) is 1. The van der Waals surface area contributed by atoms with E-state index in [0.29, 0.717) is 5.69 Å². The average molecular weight is 358 g/mol. The lowest BCUT2D eigenvalue weighted by atomic mass is 10.1. The zero-order chi connectivity index (χ0) is 18.6. The first kappa shape index (κ1) is 18.9. The van der Waals surface area contributed by atoms with Crippen LogP contribution in [0.4, 0.5) is 5.69 Å². The van der Waals surface area contributed by atoms with E-state index in [4.69, 9.17) is 0 Å². The van der Waals surface area contributed by atoms with Crippen molar-refractivity contribution < 1.29 is 13.2 Å². The summed E-state index contributed by atoms with van der Waals surface area (Å²) in [5, 5.41) is 2.74. The van der Waals surface area contributed by atoms with Crippen molar-refractivity contribution in [1.82, 2.24) is 4.31 Å². The minimum atomic E-state index is -3.55. The van der Waals surface area contributed by atoms with Gasteiger partial charge in [0.1, 0.15) is 0 Å². The number of carbonyl (C=O) groups excluding carboxylic acids is 1. The van der Waals surface area contributed by atoms with E-state index in [1.807, 2.05) is 38.1 Å². The van der Waals surface area contributed by atoms with Crippen molar-refractivity contribution in [1.29, 1.82) is 0 Å². The molecule has 0 aliphatic carbocycles.